The van der Waals surface area contributed by atoms with Crippen molar-refractivity contribution in [3.63, 3.8) is 0 Å². The molecule has 82 valence electrons. The molecule has 0 bridgehead atoms. The van der Waals surface area contributed by atoms with E-state index in [0.29, 0.717) is 5.95 Å². The minimum Gasteiger partial charge on any atom is -0.329 e. The highest BCUT2D eigenvalue weighted by Crippen LogP contribution is 2.01. The van der Waals surface area contributed by atoms with Crippen molar-refractivity contribution in [2.24, 2.45) is 7.05 Å². The average molecular weight is 219 g/mol. The van der Waals surface area contributed by atoms with Gasteiger partial charge in [0.25, 0.3) is 5.91 Å². The van der Waals surface area contributed by atoms with E-state index >= 15 is 0 Å². The first-order valence-corrected chi connectivity index (χ1v) is 4.51. The smallest absolute Gasteiger partial charge is 0.258 e. The van der Waals surface area contributed by atoms with Crippen LogP contribution in [0.4, 0.5) is 5.95 Å². The second-order valence-corrected chi connectivity index (χ2v) is 3.10. The Balaban J connectivity index is 2.21. The van der Waals surface area contributed by atoms with Crippen molar-refractivity contribution < 1.29 is 4.79 Å². The monoisotopic (exact) mass is 219 g/mol. The maximum Gasteiger partial charge on any atom is 0.258 e. The molecular formula is C9H9N5O2. The molecule has 0 fully saturated rings. The third-order valence-corrected chi connectivity index (χ3v) is 1.97. The Hall–Kier alpha value is -2.44. The highest BCUT2D eigenvalue weighted by molar-refractivity contribution is 6.03. The van der Waals surface area contributed by atoms with Crippen molar-refractivity contribution in [1.29, 1.82) is 0 Å². The number of hydrogen-bond donors (Lipinski definition) is 2. The molecule has 2 aromatic rings. The molecule has 0 spiro atoms. The number of amides is 1. The molecule has 0 aliphatic carbocycles. The van der Waals surface area contributed by atoms with Gasteiger partial charge >= 0.3 is 0 Å². The summed E-state index contributed by atoms with van der Waals surface area (Å²) >= 11 is 0. The number of aryl methyl sites for hydroxylation is 1. The highest BCUT2D eigenvalue weighted by atomic mass is 16.2. The number of aromatic amines is 1. The number of carbonyl (C=O) groups excluding carboxylic acids is 1. The van der Waals surface area contributed by atoms with Gasteiger partial charge in [0.2, 0.25) is 11.5 Å². The average Bonchev–Trinajstić information content (AvgIpc) is 2.64. The number of anilines is 1. The Morgan fingerprint density at radius 1 is 1.56 bits per heavy atom. The maximum atomic E-state index is 11.7. The van der Waals surface area contributed by atoms with Gasteiger partial charge in [0.05, 0.1) is 0 Å². The van der Waals surface area contributed by atoms with E-state index in [1.807, 2.05) is 0 Å². The number of hydrogen-bond acceptors (Lipinski definition) is 4. The third kappa shape index (κ3) is 1.97. The van der Waals surface area contributed by atoms with Crippen molar-refractivity contribution >= 4 is 11.9 Å². The van der Waals surface area contributed by atoms with Gasteiger partial charge in [0.15, 0.2) is 0 Å². The van der Waals surface area contributed by atoms with Gasteiger partial charge in [-0.3, -0.25) is 14.9 Å². The molecule has 0 aromatic carbocycles. The Labute approximate surface area is 90.1 Å². The summed E-state index contributed by atoms with van der Waals surface area (Å²) in [7, 11) is 1.65. The van der Waals surface area contributed by atoms with Crippen LogP contribution in [-0.2, 0) is 7.05 Å². The predicted octanol–water partition coefficient (Wildman–Crippen LogP) is -0.244. The fourth-order valence-electron chi connectivity index (χ4n) is 1.17. The van der Waals surface area contributed by atoms with Crippen LogP contribution in [0.1, 0.15) is 10.4 Å². The summed E-state index contributed by atoms with van der Waals surface area (Å²) in [6.07, 6.45) is 2.74. The van der Waals surface area contributed by atoms with Gasteiger partial charge in [0, 0.05) is 24.9 Å². The maximum absolute atomic E-state index is 11.7. The Morgan fingerprint density at radius 3 is 3.00 bits per heavy atom. The number of carbonyl (C=O) groups is 1. The lowest BCUT2D eigenvalue weighted by molar-refractivity contribution is 0.102. The second-order valence-electron chi connectivity index (χ2n) is 3.10. The van der Waals surface area contributed by atoms with E-state index in [9.17, 15) is 9.59 Å². The number of nitrogens with one attached hydrogen (secondary N) is 2. The van der Waals surface area contributed by atoms with E-state index in [2.05, 4.69) is 20.4 Å². The summed E-state index contributed by atoms with van der Waals surface area (Å²) in [5.74, 6) is -0.0764. The standard InChI is InChI=1S/C9H9N5O2/c1-14-9(11-5-12-14)13-8(16)6-2-3-10-7(15)4-6/h2-5H,1H3,(H,10,15)(H,11,12,13,16). The Kier molecular flexibility index (Phi) is 2.50. The van der Waals surface area contributed by atoms with Crippen LogP contribution < -0.4 is 10.9 Å². The third-order valence-electron chi connectivity index (χ3n) is 1.97. The van der Waals surface area contributed by atoms with Crippen LogP contribution in [0.15, 0.2) is 29.5 Å². The topological polar surface area (TPSA) is 92.7 Å². The van der Waals surface area contributed by atoms with E-state index < -0.39 is 5.91 Å². The zero-order valence-corrected chi connectivity index (χ0v) is 8.47. The first kappa shape index (κ1) is 10.1. The summed E-state index contributed by atoms with van der Waals surface area (Å²) in [5, 5.41) is 6.34. The molecular weight excluding hydrogens is 210 g/mol. The lowest BCUT2D eigenvalue weighted by Gasteiger charge is -2.02. The highest BCUT2D eigenvalue weighted by Gasteiger charge is 2.09. The molecule has 7 nitrogen and oxygen atoms in total. The predicted molar refractivity (Wildman–Crippen MR) is 56.0 cm³/mol. The minimum atomic E-state index is -0.401. The molecule has 0 radical (unpaired) electrons. The molecule has 0 saturated heterocycles. The molecule has 2 rings (SSSR count). The quantitative estimate of drug-likeness (QED) is 0.728. The van der Waals surface area contributed by atoms with Gasteiger partial charge in [-0.2, -0.15) is 10.1 Å². The number of nitrogens with zero attached hydrogens (tertiary/aromatic N) is 3. The fraction of sp³-hybridized carbons (Fsp3) is 0.111. The molecule has 1 amide bonds. The number of pyridine rings is 1. The largest absolute Gasteiger partial charge is 0.329 e. The molecule has 0 saturated carbocycles. The molecule has 0 unspecified atom stereocenters. The lowest BCUT2D eigenvalue weighted by atomic mass is 10.2. The SMILES string of the molecule is Cn1ncnc1NC(=O)c1cc[nH]c(=O)c1. The zero-order chi connectivity index (χ0) is 11.5. The number of rotatable bonds is 2. The molecule has 0 aliphatic rings. The van der Waals surface area contributed by atoms with Crippen molar-refractivity contribution in [2.75, 3.05) is 5.32 Å². The van der Waals surface area contributed by atoms with Crippen LogP contribution in [0.25, 0.3) is 0 Å². The van der Waals surface area contributed by atoms with Crippen LogP contribution in [-0.4, -0.2) is 25.7 Å². The molecule has 2 aromatic heterocycles. The summed E-state index contributed by atoms with van der Waals surface area (Å²) in [6.45, 7) is 0. The molecule has 7 heteroatoms. The summed E-state index contributed by atoms with van der Waals surface area (Å²) in [4.78, 5) is 28.9. The zero-order valence-electron chi connectivity index (χ0n) is 8.47. The first-order chi connectivity index (χ1) is 7.66. The van der Waals surface area contributed by atoms with Crippen LogP contribution in [0.5, 0.6) is 0 Å². The van der Waals surface area contributed by atoms with Gasteiger partial charge in [0.1, 0.15) is 6.33 Å². The Bertz CT molecular complexity index is 571. The van der Waals surface area contributed by atoms with Crippen LogP contribution in [0.2, 0.25) is 0 Å². The van der Waals surface area contributed by atoms with Crippen molar-refractivity contribution in [1.82, 2.24) is 19.7 Å². The van der Waals surface area contributed by atoms with Crippen LogP contribution in [0.3, 0.4) is 0 Å². The van der Waals surface area contributed by atoms with Gasteiger partial charge in [-0.15, -0.1) is 0 Å². The van der Waals surface area contributed by atoms with E-state index in [4.69, 9.17) is 0 Å². The van der Waals surface area contributed by atoms with Gasteiger partial charge in [-0.05, 0) is 6.07 Å². The summed E-state index contributed by atoms with van der Waals surface area (Å²) in [6, 6.07) is 2.72. The van der Waals surface area contributed by atoms with Gasteiger partial charge in [-0.1, -0.05) is 0 Å². The molecule has 2 N–H and O–H groups in total. The van der Waals surface area contributed by atoms with Crippen molar-refractivity contribution in [2.45, 2.75) is 0 Å². The van der Waals surface area contributed by atoms with Crippen molar-refractivity contribution in [3.05, 3.63) is 40.6 Å². The number of aromatic nitrogens is 4. The number of H-pyrrole nitrogens is 1. The van der Waals surface area contributed by atoms with Crippen LogP contribution >= 0.6 is 0 Å². The fourth-order valence-corrected chi connectivity index (χ4v) is 1.17. The lowest BCUT2D eigenvalue weighted by Crippen LogP contribution is -2.17. The normalized spacial score (nSPS) is 10.1. The van der Waals surface area contributed by atoms with E-state index in [1.165, 1.54) is 29.3 Å². The van der Waals surface area contributed by atoms with Crippen LogP contribution in [0, 0.1) is 0 Å². The minimum absolute atomic E-state index is 0.270. The molecule has 0 atom stereocenters. The van der Waals surface area contributed by atoms with E-state index in [0.717, 1.165) is 0 Å². The van der Waals surface area contributed by atoms with Crippen molar-refractivity contribution in [3.8, 4) is 0 Å². The Morgan fingerprint density at radius 2 is 2.38 bits per heavy atom. The summed E-state index contributed by atoms with van der Waals surface area (Å²) in [5.41, 5.74) is -0.0580. The molecule has 0 aliphatic heterocycles. The molecule has 2 heterocycles. The van der Waals surface area contributed by atoms with Gasteiger partial charge < -0.3 is 4.98 Å². The summed E-state index contributed by atoms with van der Waals surface area (Å²) < 4.78 is 1.42. The van der Waals surface area contributed by atoms with E-state index in [1.54, 1.807) is 7.05 Å². The van der Waals surface area contributed by atoms with Gasteiger partial charge in [-0.25, -0.2) is 4.68 Å². The second kappa shape index (κ2) is 3.97. The van der Waals surface area contributed by atoms with E-state index in [-0.39, 0.29) is 11.1 Å². The molecule has 16 heavy (non-hydrogen) atoms. The first-order valence-electron chi connectivity index (χ1n) is 4.51.